The maximum absolute atomic E-state index is 12.6. The molecule has 6 nitrogen and oxygen atoms in total. The van der Waals surface area contributed by atoms with E-state index in [0.29, 0.717) is 0 Å². The molecule has 3 aromatic rings. The molecule has 3 aromatic carbocycles. The fourth-order valence-corrected chi connectivity index (χ4v) is 6.11. The molecule has 2 atom stereocenters. The van der Waals surface area contributed by atoms with Crippen molar-refractivity contribution in [2.45, 2.75) is 89.2 Å². The van der Waals surface area contributed by atoms with E-state index in [0.717, 1.165) is 53.0 Å². The lowest BCUT2D eigenvalue weighted by molar-refractivity contribution is -0.136. The van der Waals surface area contributed by atoms with Gasteiger partial charge in [0.2, 0.25) is 0 Å². The summed E-state index contributed by atoms with van der Waals surface area (Å²) in [5, 5.41) is 17.5. The first-order valence-electron chi connectivity index (χ1n) is 14.4. The number of hydrogen-bond donors (Lipinski definition) is 1. The molecule has 2 amide bonds. The van der Waals surface area contributed by atoms with Crippen LogP contribution in [0.5, 0.6) is 0 Å². The standard InChI is InChI=1S/C34H41N3O3S/c1-6-41-30-19-16-27(21-28(30)22-32(38)39)26-14-10-24(11-15-26)8-7-9-31-35-36-33(40)37(31)23(2)20-25-12-17-29(18-13-25)34(3,4)5/h10-19,21,23,31H,6-9,20,22H2,1-5H3,(H,38,39). The summed E-state index contributed by atoms with van der Waals surface area (Å²) >= 11 is 1.67. The summed E-state index contributed by atoms with van der Waals surface area (Å²) in [5.74, 6) is 0.0841. The van der Waals surface area contributed by atoms with Crippen LogP contribution in [-0.4, -0.2) is 40.0 Å². The van der Waals surface area contributed by atoms with E-state index in [1.807, 2.05) is 17.0 Å². The molecule has 2 unspecified atom stereocenters. The van der Waals surface area contributed by atoms with Crippen LogP contribution >= 0.6 is 11.8 Å². The topological polar surface area (TPSA) is 82.3 Å². The number of aliphatic carboxylic acids is 1. The Bertz CT molecular complexity index is 1380. The van der Waals surface area contributed by atoms with Crippen molar-refractivity contribution < 1.29 is 14.7 Å². The maximum Gasteiger partial charge on any atom is 0.363 e. The van der Waals surface area contributed by atoms with E-state index >= 15 is 0 Å². The van der Waals surface area contributed by atoms with Crippen molar-refractivity contribution in [3.05, 3.63) is 89.0 Å². The number of aryl methyl sites for hydroxylation is 1. The molecule has 0 saturated heterocycles. The normalized spacial score (nSPS) is 15.9. The number of nitrogens with zero attached hydrogens (tertiary/aromatic N) is 3. The Kier molecular flexibility index (Phi) is 10.0. The Morgan fingerprint density at radius 2 is 1.66 bits per heavy atom. The Morgan fingerprint density at radius 3 is 2.29 bits per heavy atom. The zero-order valence-corrected chi connectivity index (χ0v) is 25.6. The summed E-state index contributed by atoms with van der Waals surface area (Å²) in [6.07, 6.45) is 3.11. The fraction of sp³-hybridized carbons (Fsp3) is 0.412. The first kappa shape index (κ1) is 30.5. The molecule has 0 radical (unpaired) electrons. The van der Waals surface area contributed by atoms with Crippen molar-refractivity contribution in [3.63, 3.8) is 0 Å². The van der Waals surface area contributed by atoms with Gasteiger partial charge in [-0.15, -0.1) is 11.8 Å². The Morgan fingerprint density at radius 1 is 1.00 bits per heavy atom. The van der Waals surface area contributed by atoms with E-state index in [9.17, 15) is 14.7 Å². The molecule has 0 saturated carbocycles. The highest BCUT2D eigenvalue weighted by molar-refractivity contribution is 7.99. The van der Waals surface area contributed by atoms with E-state index < -0.39 is 5.97 Å². The largest absolute Gasteiger partial charge is 0.481 e. The van der Waals surface area contributed by atoms with Gasteiger partial charge in [0.15, 0.2) is 0 Å². The van der Waals surface area contributed by atoms with Crippen LogP contribution in [0.25, 0.3) is 11.1 Å². The smallest absolute Gasteiger partial charge is 0.363 e. The quantitative estimate of drug-likeness (QED) is 0.221. The highest BCUT2D eigenvalue weighted by Gasteiger charge is 2.33. The van der Waals surface area contributed by atoms with Gasteiger partial charge in [-0.1, -0.05) is 87.4 Å². The van der Waals surface area contributed by atoms with Gasteiger partial charge in [0.05, 0.1) is 6.42 Å². The number of carbonyl (C=O) groups is 2. The van der Waals surface area contributed by atoms with Crippen LogP contribution in [0, 0.1) is 0 Å². The third kappa shape index (κ3) is 8.07. The van der Waals surface area contributed by atoms with Crippen LogP contribution in [0.4, 0.5) is 4.79 Å². The predicted octanol–water partition coefficient (Wildman–Crippen LogP) is 8.56. The van der Waals surface area contributed by atoms with E-state index in [-0.39, 0.29) is 30.1 Å². The molecule has 216 valence electrons. The van der Waals surface area contributed by atoms with Crippen molar-refractivity contribution >= 4 is 23.8 Å². The summed E-state index contributed by atoms with van der Waals surface area (Å²) in [6.45, 7) is 10.8. The molecular weight excluding hydrogens is 530 g/mol. The first-order chi connectivity index (χ1) is 19.5. The summed E-state index contributed by atoms with van der Waals surface area (Å²) in [5.41, 5.74) is 6.79. The van der Waals surface area contributed by atoms with Crippen LogP contribution < -0.4 is 0 Å². The van der Waals surface area contributed by atoms with E-state index in [4.69, 9.17) is 0 Å². The second-order valence-electron chi connectivity index (χ2n) is 11.8. The number of benzene rings is 3. The average Bonchev–Trinajstić information content (AvgIpc) is 3.30. The number of rotatable bonds is 12. The minimum absolute atomic E-state index is 0.00963. The molecular formula is C34H41N3O3S. The second-order valence-corrected chi connectivity index (χ2v) is 13.1. The molecule has 0 spiro atoms. The van der Waals surface area contributed by atoms with Crippen LogP contribution in [0.3, 0.4) is 0 Å². The number of urea groups is 1. The summed E-state index contributed by atoms with van der Waals surface area (Å²) in [6, 6.07) is 23.0. The van der Waals surface area contributed by atoms with Gasteiger partial charge in [-0.3, -0.25) is 9.69 Å². The minimum Gasteiger partial charge on any atom is -0.481 e. The molecule has 0 bridgehead atoms. The molecule has 0 aromatic heterocycles. The zero-order chi connectivity index (χ0) is 29.6. The molecule has 1 heterocycles. The summed E-state index contributed by atoms with van der Waals surface area (Å²) in [4.78, 5) is 26.8. The van der Waals surface area contributed by atoms with Gasteiger partial charge in [-0.25, -0.2) is 4.79 Å². The van der Waals surface area contributed by atoms with Gasteiger partial charge in [0.25, 0.3) is 0 Å². The third-order valence-electron chi connectivity index (χ3n) is 7.56. The Labute approximate surface area is 248 Å². The molecule has 0 fully saturated rings. The van der Waals surface area contributed by atoms with Crippen LogP contribution in [-0.2, 0) is 29.5 Å². The molecule has 1 aliphatic rings. The number of azo groups is 1. The number of carboxylic acids is 1. The number of carbonyl (C=O) groups excluding carboxylic acids is 1. The molecule has 0 aliphatic carbocycles. The molecule has 4 rings (SSSR count). The lowest BCUT2D eigenvalue weighted by Crippen LogP contribution is -2.41. The minimum atomic E-state index is -0.818. The van der Waals surface area contributed by atoms with Crippen molar-refractivity contribution in [3.8, 4) is 11.1 Å². The van der Waals surface area contributed by atoms with Gasteiger partial charge >= 0.3 is 12.0 Å². The van der Waals surface area contributed by atoms with E-state index in [1.165, 1.54) is 16.7 Å². The summed E-state index contributed by atoms with van der Waals surface area (Å²) < 4.78 is 0. The second kappa shape index (κ2) is 13.5. The van der Waals surface area contributed by atoms with Gasteiger partial charge in [0.1, 0.15) is 6.17 Å². The monoisotopic (exact) mass is 571 g/mol. The van der Waals surface area contributed by atoms with E-state index in [2.05, 4.69) is 99.4 Å². The van der Waals surface area contributed by atoms with Gasteiger partial charge in [-0.2, -0.15) is 5.11 Å². The van der Waals surface area contributed by atoms with Gasteiger partial charge < -0.3 is 5.11 Å². The highest BCUT2D eigenvalue weighted by Crippen LogP contribution is 2.30. The predicted molar refractivity (Wildman–Crippen MR) is 167 cm³/mol. The first-order valence-corrected chi connectivity index (χ1v) is 15.4. The SMILES string of the molecule is CCSc1ccc(-c2ccc(CCCC3N=NC(=O)N3C(C)Cc3ccc(C(C)(C)C)cc3)cc2)cc1CC(=O)O. The van der Waals surface area contributed by atoms with Gasteiger partial charge in [-0.05, 0) is 89.3 Å². The fourth-order valence-electron chi connectivity index (χ4n) is 5.32. The Hall–Kier alpha value is -3.45. The van der Waals surface area contributed by atoms with Crippen molar-refractivity contribution in [2.75, 3.05) is 5.75 Å². The van der Waals surface area contributed by atoms with E-state index in [1.54, 1.807) is 11.8 Å². The number of hydrogen-bond acceptors (Lipinski definition) is 4. The molecule has 7 heteroatoms. The maximum atomic E-state index is 12.6. The van der Waals surface area contributed by atoms with Crippen LogP contribution in [0.1, 0.15) is 69.7 Å². The van der Waals surface area contributed by atoms with Crippen molar-refractivity contribution in [1.29, 1.82) is 0 Å². The van der Waals surface area contributed by atoms with Crippen molar-refractivity contribution in [1.82, 2.24) is 4.90 Å². The van der Waals surface area contributed by atoms with Crippen LogP contribution in [0.2, 0.25) is 0 Å². The molecule has 41 heavy (non-hydrogen) atoms. The zero-order valence-electron chi connectivity index (χ0n) is 24.8. The Balaban J connectivity index is 1.33. The number of carboxylic acid groups (broad SMARTS) is 1. The highest BCUT2D eigenvalue weighted by atomic mass is 32.2. The lowest BCUT2D eigenvalue weighted by atomic mass is 9.86. The van der Waals surface area contributed by atoms with Crippen molar-refractivity contribution in [2.24, 2.45) is 10.2 Å². The number of amides is 2. The average molecular weight is 572 g/mol. The molecule has 1 aliphatic heterocycles. The lowest BCUT2D eigenvalue weighted by Gasteiger charge is -2.28. The van der Waals surface area contributed by atoms with Crippen LogP contribution in [0.15, 0.2) is 81.9 Å². The summed E-state index contributed by atoms with van der Waals surface area (Å²) in [7, 11) is 0. The van der Waals surface area contributed by atoms with Gasteiger partial charge in [0, 0.05) is 10.9 Å². The molecule has 1 N–H and O–H groups in total. The third-order valence-corrected chi connectivity index (χ3v) is 8.56. The number of thioether (sulfide) groups is 1.